The number of anilines is 1. The molecule has 1 amide bonds. The van der Waals surface area contributed by atoms with Crippen LogP contribution >= 0.6 is 0 Å². The van der Waals surface area contributed by atoms with Gasteiger partial charge in [-0.2, -0.15) is 0 Å². The Morgan fingerprint density at radius 2 is 2.16 bits per heavy atom. The van der Waals surface area contributed by atoms with Crippen LogP contribution in [0.4, 0.5) is 5.69 Å². The lowest BCUT2D eigenvalue weighted by molar-refractivity contribution is 0.0945. The minimum absolute atomic E-state index is 0.0875. The van der Waals surface area contributed by atoms with Gasteiger partial charge >= 0.3 is 0 Å². The Morgan fingerprint density at radius 3 is 2.84 bits per heavy atom. The summed E-state index contributed by atoms with van der Waals surface area (Å²) in [5.74, 6) is -0.265. The Kier molecular flexibility index (Phi) is 3.61. The van der Waals surface area contributed by atoms with E-state index in [0.29, 0.717) is 11.3 Å². The molecular formula is C13H14N4O2. The second-order valence-electron chi connectivity index (χ2n) is 4.11. The number of phenolic OH excluding ortho intramolecular Hbond substituents is 1. The number of aryl methyl sites for hydroxylation is 1. The van der Waals surface area contributed by atoms with Crippen molar-refractivity contribution < 1.29 is 9.90 Å². The summed E-state index contributed by atoms with van der Waals surface area (Å²) in [6.45, 7) is 1.96. The molecular weight excluding hydrogens is 244 g/mol. The summed E-state index contributed by atoms with van der Waals surface area (Å²) in [6.07, 6.45) is 2.93. The molecule has 0 aliphatic heterocycles. The van der Waals surface area contributed by atoms with Crippen LogP contribution in [-0.2, 0) is 6.54 Å². The van der Waals surface area contributed by atoms with Crippen molar-refractivity contribution in [2.75, 3.05) is 5.73 Å². The van der Waals surface area contributed by atoms with Gasteiger partial charge in [-0.3, -0.25) is 9.78 Å². The third-order valence-electron chi connectivity index (χ3n) is 2.56. The van der Waals surface area contributed by atoms with E-state index in [-0.39, 0.29) is 23.9 Å². The fourth-order valence-corrected chi connectivity index (χ4v) is 1.52. The van der Waals surface area contributed by atoms with E-state index in [0.717, 1.165) is 5.69 Å². The van der Waals surface area contributed by atoms with Gasteiger partial charge in [0.25, 0.3) is 5.91 Å². The van der Waals surface area contributed by atoms with Crippen LogP contribution in [0.2, 0.25) is 0 Å². The first-order chi connectivity index (χ1) is 9.06. The predicted molar refractivity (Wildman–Crippen MR) is 70.5 cm³/mol. The molecule has 1 aromatic heterocycles. The van der Waals surface area contributed by atoms with Crippen molar-refractivity contribution in [3.05, 3.63) is 47.5 Å². The topological polar surface area (TPSA) is 101 Å². The quantitative estimate of drug-likeness (QED) is 0.563. The Labute approximate surface area is 110 Å². The first-order valence-corrected chi connectivity index (χ1v) is 5.70. The van der Waals surface area contributed by atoms with E-state index in [2.05, 4.69) is 15.3 Å². The van der Waals surface area contributed by atoms with Gasteiger partial charge in [0.2, 0.25) is 0 Å². The van der Waals surface area contributed by atoms with Crippen LogP contribution in [0.3, 0.4) is 0 Å². The number of benzene rings is 1. The number of hydrogen-bond acceptors (Lipinski definition) is 5. The lowest BCUT2D eigenvalue weighted by atomic mass is 10.2. The molecule has 4 N–H and O–H groups in total. The van der Waals surface area contributed by atoms with Crippen molar-refractivity contribution in [1.82, 2.24) is 15.3 Å². The number of rotatable bonds is 3. The number of hydrogen-bond donors (Lipinski definition) is 3. The first kappa shape index (κ1) is 12.8. The van der Waals surface area contributed by atoms with Crippen molar-refractivity contribution in [3.63, 3.8) is 0 Å². The molecule has 98 valence electrons. The molecule has 0 saturated heterocycles. The smallest absolute Gasteiger partial charge is 0.271 e. The standard InChI is InChI=1S/C13H14N4O2/c1-8-5-16-11(7-15-8)13(19)17-6-9-4-10(14)2-3-12(9)18/h2-5,7,18H,6,14H2,1H3,(H,17,19). The molecule has 6 heteroatoms. The zero-order valence-electron chi connectivity index (χ0n) is 10.4. The molecule has 0 bridgehead atoms. The van der Waals surface area contributed by atoms with Crippen molar-refractivity contribution in [2.24, 2.45) is 0 Å². The van der Waals surface area contributed by atoms with Crippen LogP contribution in [0.25, 0.3) is 0 Å². The van der Waals surface area contributed by atoms with Gasteiger partial charge in [-0.15, -0.1) is 0 Å². The third-order valence-corrected chi connectivity index (χ3v) is 2.56. The molecule has 0 radical (unpaired) electrons. The minimum atomic E-state index is -0.352. The number of phenols is 1. The molecule has 0 atom stereocenters. The highest BCUT2D eigenvalue weighted by Crippen LogP contribution is 2.19. The van der Waals surface area contributed by atoms with Crippen LogP contribution in [0, 0.1) is 6.92 Å². The van der Waals surface area contributed by atoms with Crippen LogP contribution < -0.4 is 11.1 Å². The molecule has 1 aromatic carbocycles. The minimum Gasteiger partial charge on any atom is -0.508 e. The number of nitrogens with two attached hydrogens (primary N) is 1. The Morgan fingerprint density at radius 1 is 1.37 bits per heavy atom. The van der Waals surface area contributed by atoms with Gasteiger partial charge in [0.1, 0.15) is 11.4 Å². The van der Waals surface area contributed by atoms with E-state index < -0.39 is 0 Å². The molecule has 0 fully saturated rings. The number of carbonyl (C=O) groups excluding carboxylic acids is 1. The predicted octanol–water partition coefficient (Wildman–Crippen LogP) is 1.00. The van der Waals surface area contributed by atoms with Crippen molar-refractivity contribution >= 4 is 11.6 Å². The second-order valence-corrected chi connectivity index (χ2v) is 4.11. The number of nitrogen functional groups attached to an aromatic ring is 1. The van der Waals surface area contributed by atoms with Gasteiger partial charge in [-0.1, -0.05) is 0 Å². The first-order valence-electron chi connectivity index (χ1n) is 5.70. The summed E-state index contributed by atoms with van der Waals surface area (Å²) < 4.78 is 0. The number of carbonyl (C=O) groups is 1. The molecule has 19 heavy (non-hydrogen) atoms. The lowest BCUT2D eigenvalue weighted by Gasteiger charge is -2.07. The zero-order chi connectivity index (χ0) is 13.8. The number of aromatic hydroxyl groups is 1. The summed E-state index contributed by atoms with van der Waals surface area (Å²) in [6, 6.07) is 4.69. The van der Waals surface area contributed by atoms with E-state index in [9.17, 15) is 9.90 Å². The van der Waals surface area contributed by atoms with Crippen molar-refractivity contribution in [1.29, 1.82) is 0 Å². The SMILES string of the molecule is Cc1cnc(C(=O)NCc2cc(N)ccc2O)cn1. The molecule has 2 rings (SSSR count). The normalized spacial score (nSPS) is 10.2. The maximum absolute atomic E-state index is 11.8. The lowest BCUT2D eigenvalue weighted by Crippen LogP contribution is -2.24. The zero-order valence-corrected chi connectivity index (χ0v) is 10.4. The molecule has 0 saturated carbocycles. The van der Waals surface area contributed by atoms with Crippen molar-refractivity contribution in [2.45, 2.75) is 13.5 Å². The average molecular weight is 258 g/mol. The average Bonchev–Trinajstić information content (AvgIpc) is 2.40. The van der Waals surface area contributed by atoms with E-state index in [1.807, 2.05) is 0 Å². The van der Waals surface area contributed by atoms with E-state index in [1.165, 1.54) is 18.5 Å². The molecule has 6 nitrogen and oxygen atoms in total. The summed E-state index contributed by atoms with van der Waals surface area (Å²) in [5.41, 5.74) is 7.66. The largest absolute Gasteiger partial charge is 0.508 e. The molecule has 0 spiro atoms. The van der Waals surface area contributed by atoms with Gasteiger partial charge in [0.15, 0.2) is 0 Å². The fourth-order valence-electron chi connectivity index (χ4n) is 1.52. The summed E-state index contributed by atoms with van der Waals surface area (Å²) in [7, 11) is 0. The number of nitrogens with zero attached hydrogens (tertiary/aromatic N) is 2. The summed E-state index contributed by atoms with van der Waals surface area (Å²) in [4.78, 5) is 19.8. The Hall–Kier alpha value is -2.63. The summed E-state index contributed by atoms with van der Waals surface area (Å²) >= 11 is 0. The molecule has 2 aromatic rings. The van der Waals surface area contributed by atoms with Gasteiger partial charge in [0, 0.05) is 24.0 Å². The van der Waals surface area contributed by atoms with Crippen molar-refractivity contribution in [3.8, 4) is 5.75 Å². The van der Waals surface area contributed by atoms with E-state index in [1.54, 1.807) is 19.1 Å². The number of nitrogens with one attached hydrogen (secondary N) is 1. The van der Waals surface area contributed by atoms with Crippen LogP contribution in [-0.4, -0.2) is 21.0 Å². The molecule has 1 heterocycles. The molecule has 0 unspecified atom stereocenters. The van der Waals surface area contributed by atoms with E-state index in [4.69, 9.17) is 5.73 Å². The number of amides is 1. The number of aromatic nitrogens is 2. The highest BCUT2D eigenvalue weighted by Gasteiger charge is 2.08. The highest BCUT2D eigenvalue weighted by molar-refractivity contribution is 5.91. The second kappa shape index (κ2) is 5.34. The third kappa shape index (κ3) is 3.19. The van der Waals surface area contributed by atoms with E-state index >= 15 is 0 Å². The summed E-state index contributed by atoms with van der Waals surface area (Å²) in [5, 5.41) is 12.3. The monoisotopic (exact) mass is 258 g/mol. The molecule has 0 aliphatic rings. The Balaban J connectivity index is 2.04. The maximum Gasteiger partial charge on any atom is 0.271 e. The highest BCUT2D eigenvalue weighted by atomic mass is 16.3. The maximum atomic E-state index is 11.8. The van der Waals surface area contributed by atoms with Gasteiger partial charge < -0.3 is 16.2 Å². The fraction of sp³-hybridized carbons (Fsp3) is 0.154. The van der Waals surface area contributed by atoms with Gasteiger partial charge in [-0.25, -0.2) is 4.98 Å². The van der Waals surface area contributed by atoms with Crippen LogP contribution in [0.1, 0.15) is 21.7 Å². The van der Waals surface area contributed by atoms with Gasteiger partial charge in [-0.05, 0) is 25.1 Å². The Bertz CT molecular complexity index is 596. The van der Waals surface area contributed by atoms with Crippen LogP contribution in [0.5, 0.6) is 5.75 Å². The van der Waals surface area contributed by atoms with Crippen LogP contribution in [0.15, 0.2) is 30.6 Å². The molecule has 0 aliphatic carbocycles. The van der Waals surface area contributed by atoms with Gasteiger partial charge in [0.05, 0.1) is 11.9 Å².